The van der Waals surface area contributed by atoms with E-state index >= 15 is 0 Å². The van der Waals surface area contributed by atoms with Crippen LogP contribution in [0.5, 0.6) is 0 Å². The van der Waals surface area contributed by atoms with Gasteiger partial charge in [-0.2, -0.15) is 0 Å². The van der Waals surface area contributed by atoms with Gasteiger partial charge in [-0.05, 0) is 56.1 Å². The van der Waals surface area contributed by atoms with Crippen LogP contribution in [0, 0.1) is 5.92 Å². The van der Waals surface area contributed by atoms with Crippen LogP contribution in [0.3, 0.4) is 0 Å². The van der Waals surface area contributed by atoms with E-state index in [4.69, 9.17) is 0 Å². The Labute approximate surface area is 153 Å². The third-order valence-corrected chi connectivity index (χ3v) is 4.10. The second kappa shape index (κ2) is 19.7. The average Bonchev–Trinajstić information content (AvgIpc) is 2.63. The van der Waals surface area contributed by atoms with Crippen LogP contribution in [0.25, 0.3) is 0 Å². The summed E-state index contributed by atoms with van der Waals surface area (Å²) in [6.45, 7) is 16.8. The van der Waals surface area contributed by atoms with Gasteiger partial charge in [-0.15, -0.1) is 0 Å². The molecule has 0 heteroatoms. The molecule has 0 rings (SSSR count). The Kier molecular flexibility index (Phi) is 20.5. The highest BCUT2D eigenvalue weighted by Crippen LogP contribution is 2.26. The van der Waals surface area contributed by atoms with Crippen LogP contribution in [0.1, 0.15) is 86.5 Å². The lowest BCUT2D eigenvalue weighted by atomic mass is 9.88. The summed E-state index contributed by atoms with van der Waals surface area (Å²) in [5.74, 6) is 0.603. The summed E-state index contributed by atoms with van der Waals surface area (Å²) >= 11 is 0. The van der Waals surface area contributed by atoms with Crippen molar-refractivity contribution in [3.63, 3.8) is 0 Å². The minimum Gasteiger partial charge on any atom is -0.0991 e. The van der Waals surface area contributed by atoms with Gasteiger partial charge in [0, 0.05) is 0 Å². The lowest BCUT2D eigenvalue weighted by molar-refractivity contribution is 0.654. The Bertz CT molecular complexity index is 390. The van der Waals surface area contributed by atoms with E-state index in [1.165, 1.54) is 43.3 Å². The van der Waals surface area contributed by atoms with E-state index in [1.807, 2.05) is 19.9 Å². The van der Waals surface area contributed by atoms with Crippen molar-refractivity contribution in [1.29, 1.82) is 0 Å². The fraction of sp³-hybridized carbons (Fsp3) is 0.583. The molecule has 1 atom stereocenters. The molecule has 0 bridgehead atoms. The van der Waals surface area contributed by atoms with Crippen molar-refractivity contribution >= 4 is 0 Å². The van der Waals surface area contributed by atoms with Crippen LogP contribution in [-0.4, -0.2) is 0 Å². The highest BCUT2D eigenvalue weighted by atomic mass is 14.1. The summed E-state index contributed by atoms with van der Waals surface area (Å²) < 4.78 is 0. The molecular weight excluding hydrogens is 288 g/mol. The van der Waals surface area contributed by atoms with Gasteiger partial charge in [0.2, 0.25) is 0 Å². The molecule has 0 saturated carbocycles. The topological polar surface area (TPSA) is 0 Å². The first-order valence-electron chi connectivity index (χ1n) is 10.0. The number of hydrogen-bond acceptors (Lipinski definition) is 0. The van der Waals surface area contributed by atoms with E-state index in [1.54, 1.807) is 0 Å². The Hall–Kier alpha value is -1.30. The highest BCUT2D eigenvalue weighted by molar-refractivity contribution is 5.35. The monoisotopic (exact) mass is 330 g/mol. The largest absolute Gasteiger partial charge is 0.0991 e. The highest BCUT2D eigenvalue weighted by Gasteiger charge is 2.09. The van der Waals surface area contributed by atoms with E-state index in [0.717, 1.165) is 12.8 Å². The summed E-state index contributed by atoms with van der Waals surface area (Å²) in [6, 6.07) is 0. The van der Waals surface area contributed by atoms with Crippen LogP contribution in [0.2, 0.25) is 0 Å². The van der Waals surface area contributed by atoms with Crippen molar-refractivity contribution in [1.82, 2.24) is 0 Å². The number of allylic oxidation sites excluding steroid dienone is 9. The molecule has 0 aliphatic heterocycles. The zero-order chi connectivity index (χ0) is 18.6. The summed E-state index contributed by atoms with van der Waals surface area (Å²) in [7, 11) is 0. The Morgan fingerprint density at radius 3 is 2.12 bits per heavy atom. The van der Waals surface area contributed by atoms with E-state index in [0.29, 0.717) is 5.92 Å². The van der Waals surface area contributed by atoms with Gasteiger partial charge in [0.1, 0.15) is 0 Å². The maximum absolute atomic E-state index is 3.86. The summed E-state index contributed by atoms with van der Waals surface area (Å²) in [6.07, 6.45) is 23.9. The number of rotatable bonds is 12. The van der Waals surface area contributed by atoms with Gasteiger partial charge in [-0.3, -0.25) is 0 Å². The molecule has 1 unspecified atom stereocenters. The molecule has 0 aromatic heterocycles. The molecule has 0 spiro atoms. The molecule has 0 saturated heterocycles. The molecule has 0 amide bonds. The molecule has 0 fully saturated rings. The van der Waals surface area contributed by atoms with Gasteiger partial charge in [-0.25, -0.2) is 0 Å². The van der Waals surface area contributed by atoms with Gasteiger partial charge in [0.25, 0.3) is 0 Å². The lowest BCUT2D eigenvalue weighted by Crippen LogP contribution is -2.01. The van der Waals surface area contributed by atoms with Crippen molar-refractivity contribution in [2.45, 2.75) is 86.5 Å². The summed E-state index contributed by atoms with van der Waals surface area (Å²) in [4.78, 5) is 0. The molecule has 0 aliphatic carbocycles. The molecular formula is C24H42. The third kappa shape index (κ3) is 13.2. The van der Waals surface area contributed by atoms with Crippen molar-refractivity contribution < 1.29 is 0 Å². The van der Waals surface area contributed by atoms with Gasteiger partial charge >= 0.3 is 0 Å². The average molecular weight is 331 g/mol. The minimum absolute atomic E-state index is 0.603. The summed E-state index contributed by atoms with van der Waals surface area (Å²) in [5, 5.41) is 0. The van der Waals surface area contributed by atoms with Crippen molar-refractivity contribution in [2.75, 3.05) is 0 Å². The molecule has 0 aromatic carbocycles. The zero-order valence-corrected chi connectivity index (χ0v) is 17.3. The van der Waals surface area contributed by atoms with E-state index < -0.39 is 0 Å². The molecule has 0 aliphatic rings. The number of hydrogen-bond donors (Lipinski definition) is 0. The predicted molar refractivity (Wildman–Crippen MR) is 114 cm³/mol. The standard InChI is InChI=1S/C22H36.C2H6/c1-6-10-11-12-13-14-15-16-17-19-21(9-4)22(18-7-2)20(5)8-3;1-2/h7,9,13-16,18,20H,2,6,8,10-12,17,19H2,1,3-5H3;1-2H3/b14-13+,16-15-,21-9-,22-18-;. The molecule has 24 heavy (non-hydrogen) atoms. The number of unbranched alkanes of at least 4 members (excludes halogenated alkanes) is 3. The van der Waals surface area contributed by atoms with Crippen LogP contribution >= 0.6 is 0 Å². The van der Waals surface area contributed by atoms with Crippen LogP contribution < -0.4 is 0 Å². The Morgan fingerprint density at radius 1 is 1.00 bits per heavy atom. The maximum Gasteiger partial charge on any atom is -0.0190 e. The smallest absolute Gasteiger partial charge is 0.0190 e. The Balaban J connectivity index is 0. The van der Waals surface area contributed by atoms with Gasteiger partial charge in [0.15, 0.2) is 0 Å². The van der Waals surface area contributed by atoms with Crippen molar-refractivity contribution in [2.24, 2.45) is 5.92 Å². The molecule has 0 aromatic rings. The van der Waals surface area contributed by atoms with E-state index in [-0.39, 0.29) is 0 Å². The first-order chi connectivity index (χ1) is 11.7. The molecule has 0 heterocycles. The summed E-state index contributed by atoms with van der Waals surface area (Å²) in [5.41, 5.74) is 2.91. The van der Waals surface area contributed by atoms with Crippen LogP contribution in [-0.2, 0) is 0 Å². The second-order valence-electron chi connectivity index (χ2n) is 5.87. The molecule has 0 nitrogen and oxygen atoms in total. The lowest BCUT2D eigenvalue weighted by Gasteiger charge is -2.17. The van der Waals surface area contributed by atoms with Gasteiger partial charge in [0.05, 0.1) is 0 Å². The molecule has 138 valence electrons. The molecule has 0 radical (unpaired) electrons. The fourth-order valence-electron chi connectivity index (χ4n) is 2.49. The Morgan fingerprint density at radius 2 is 1.62 bits per heavy atom. The van der Waals surface area contributed by atoms with E-state index in [2.05, 4.69) is 70.7 Å². The SMILES string of the molecule is C=C/C=C(\C(=C/C)CC/C=C\C=C\CCCCC)C(C)CC.CC. The third-order valence-electron chi connectivity index (χ3n) is 4.10. The quantitative estimate of drug-likeness (QED) is 0.248. The van der Waals surface area contributed by atoms with E-state index in [9.17, 15) is 0 Å². The van der Waals surface area contributed by atoms with Gasteiger partial charge in [-0.1, -0.05) is 96.6 Å². The van der Waals surface area contributed by atoms with Crippen molar-refractivity contribution in [3.05, 3.63) is 60.3 Å². The van der Waals surface area contributed by atoms with Gasteiger partial charge < -0.3 is 0 Å². The minimum atomic E-state index is 0.603. The van der Waals surface area contributed by atoms with Crippen molar-refractivity contribution in [3.8, 4) is 0 Å². The van der Waals surface area contributed by atoms with Crippen LogP contribution in [0.15, 0.2) is 60.3 Å². The van der Waals surface area contributed by atoms with Crippen LogP contribution in [0.4, 0.5) is 0 Å². The second-order valence-corrected chi connectivity index (χ2v) is 5.87. The fourth-order valence-corrected chi connectivity index (χ4v) is 2.49. The predicted octanol–water partition coefficient (Wildman–Crippen LogP) is 8.59. The molecule has 0 N–H and O–H groups in total. The first-order valence-corrected chi connectivity index (χ1v) is 10.0. The maximum atomic E-state index is 3.86. The normalized spacial score (nSPS) is 13.9. The first kappa shape index (κ1) is 24.9. The zero-order valence-electron chi connectivity index (χ0n) is 17.3.